The first-order valence-corrected chi connectivity index (χ1v) is 7.44. The number of aromatic nitrogens is 3. The van der Waals surface area contributed by atoms with Crippen LogP contribution in [0.25, 0.3) is 10.2 Å². The minimum Gasteiger partial charge on any atom is -0.494 e. The third-order valence-corrected chi connectivity index (χ3v) is 4.26. The molecule has 118 valence electrons. The van der Waals surface area contributed by atoms with Crippen molar-refractivity contribution in [3.05, 3.63) is 50.7 Å². The Labute approximate surface area is 134 Å². The minimum absolute atomic E-state index is 0.0804. The van der Waals surface area contributed by atoms with Gasteiger partial charge in [0.15, 0.2) is 0 Å². The highest BCUT2D eigenvalue weighted by atomic mass is 32.1. The summed E-state index contributed by atoms with van der Waals surface area (Å²) in [5.74, 6) is -0.437. The molecule has 23 heavy (non-hydrogen) atoms. The van der Waals surface area contributed by atoms with E-state index in [2.05, 4.69) is 15.5 Å². The predicted molar refractivity (Wildman–Crippen MR) is 89.4 cm³/mol. The van der Waals surface area contributed by atoms with Gasteiger partial charge in [-0.25, -0.2) is 9.78 Å². The zero-order chi connectivity index (χ0) is 16.6. The highest BCUT2D eigenvalue weighted by molar-refractivity contribution is 7.22. The highest BCUT2D eigenvalue weighted by Crippen LogP contribution is 2.25. The van der Waals surface area contributed by atoms with E-state index in [1.807, 2.05) is 24.3 Å². The monoisotopic (exact) mass is 331 g/mol. The number of fused-ring (bicyclic) bond motifs is 1. The second kappa shape index (κ2) is 5.69. The molecule has 3 rings (SSSR count). The average Bonchev–Trinajstić information content (AvgIpc) is 2.97. The number of rotatable bonds is 3. The number of anilines is 1. The van der Waals surface area contributed by atoms with Crippen LogP contribution in [0.5, 0.6) is 5.88 Å². The number of nitrogens with one attached hydrogen (secondary N) is 1. The van der Waals surface area contributed by atoms with Crippen molar-refractivity contribution in [1.29, 1.82) is 0 Å². The van der Waals surface area contributed by atoms with Crippen LogP contribution in [0.4, 0.5) is 5.13 Å². The van der Waals surface area contributed by atoms with E-state index >= 15 is 0 Å². The number of hydrogen-bond acceptors (Lipinski definition) is 7. The molecule has 0 bridgehead atoms. The van der Waals surface area contributed by atoms with E-state index in [0.717, 1.165) is 19.4 Å². The lowest BCUT2D eigenvalue weighted by molar-refractivity contribution is 0.410. The van der Waals surface area contributed by atoms with Gasteiger partial charge in [0.25, 0.3) is 5.56 Å². The Balaban J connectivity index is 1.92. The predicted octanol–water partition coefficient (Wildman–Crippen LogP) is 0.845. The molecule has 0 aliphatic rings. The van der Waals surface area contributed by atoms with E-state index in [-0.39, 0.29) is 5.56 Å². The number of nitrogens with zero attached hydrogens (tertiary/aromatic N) is 4. The summed E-state index contributed by atoms with van der Waals surface area (Å²) in [5.41, 5.74) is 2.25. The van der Waals surface area contributed by atoms with Crippen LogP contribution in [-0.2, 0) is 14.1 Å². The summed E-state index contributed by atoms with van der Waals surface area (Å²) < 4.78 is 2.88. The number of benzene rings is 1. The zero-order valence-electron chi connectivity index (χ0n) is 12.3. The SMILES string of the molecule is Cn1c(O)c(/C=N\Nc2nc3ccccc3s2)c(=O)n(C)c1=O. The number of aromatic hydroxyl groups is 1. The third-order valence-electron chi connectivity index (χ3n) is 3.32. The van der Waals surface area contributed by atoms with Crippen LogP contribution in [0.2, 0.25) is 0 Å². The number of para-hydroxylation sites is 1. The molecule has 0 atom stereocenters. The first-order chi connectivity index (χ1) is 11.0. The van der Waals surface area contributed by atoms with Gasteiger partial charge in [-0.3, -0.25) is 19.4 Å². The summed E-state index contributed by atoms with van der Waals surface area (Å²) >= 11 is 1.41. The van der Waals surface area contributed by atoms with Gasteiger partial charge in [-0.2, -0.15) is 5.10 Å². The Morgan fingerprint density at radius 3 is 2.74 bits per heavy atom. The van der Waals surface area contributed by atoms with Crippen LogP contribution in [0, 0.1) is 0 Å². The summed E-state index contributed by atoms with van der Waals surface area (Å²) in [7, 11) is 2.71. The fraction of sp³-hybridized carbons (Fsp3) is 0.143. The molecule has 2 N–H and O–H groups in total. The zero-order valence-corrected chi connectivity index (χ0v) is 13.2. The molecular weight excluding hydrogens is 318 g/mol. The highest BCUT2D eigenvalue weighted by Gasteiger charge is 2.12. The molecule has 0 radical (unpaired) electrons. The van der Waals surface area contributed by atoms with Crippen molar-refractivity contribution in [2.24, 2.45) is 19.2 Å². The van der Waals surface area contributed by atoms with Crippen LogP contribution in [-0.4, -0.2) is 25.4 Å². The van der Waals surface area contributed by atoms with Gasteiger partial charge in [-0.05, 0) is 12.1 Å². The lowest BCUT2D eigenvalue weighted by Gasteiger charge is -2.06. The Morgan fingerprint density at radius 1 is 1.26 bits per heavy atom. The smallest absolute Gasteiger partial charge is 0.333 e. The topological polar surface area (TPSA) is 102 Å². The maximum atomic E-state index is 12.0. The van der Waals surface area contributed by atoms with Crippen LogP contribution >= 0.6 is 11.3 Å². The average molecular weight is 331 g/mol. The van der Waals surface area contributed by atoms with E-state index in [4.69, 9.17) is 0 Å². The number of hydrogen-bond donors (Lipinski definition) is 2. The lowest BCUT2D eigenvalue weighted by atomic mass is 10.3. The molecule has 0 aliphatic heterocycles. The molecular formula is C14H13N5O3S. The molecule has 0 saturated carbocycles. The molecule has 8 nitrogen and oxygen atoms in total. The molecule has 0 fully saturated rings. The number of hydrazone groups is 1. The first kappa shape index (κ1) is 15.0. The van der Waals surface area contributed by atoms with Crippen molar-refractivity contribution < 1.29 is 5.11 Å². The maximum absolute atomic E-state index is 12.0. The molecule has 0 saturated heterocycles. The van der Waals surface area contributed by atoms with Crippen molar-refractivity contribution in [2.45, 2.75) is 0 Å². The van der Waals surface area contributed by atoms with E-state index < -0.39 is 17.1 Å². The molecule has 3 aromatic rings. The number of thiazole rings is 1. The summed E-state index contributed by atoms with van der Waals surface area (Å²) in [4.78, 5) is 28.0. The molecule has 2 heterocycles. The van der Waals surface area contributed by atoms with Crippen LogP contribution < -0.4 is 16.7 Å². The van der Waals surface area contributed by atoms with Crippen molar-refractivity contribution in [3.8, 4) is 5.88 Å². The fourth-order valence-corrected chi connectivity index (χ4v) is 2.86. The molecule has 0 unspecified atom stereocenters. The second-order valence-corrected chi connectivity index (χ2v) is 5.83. The van der Waals surface area contributed by atoms with Gasteiger partial charge in [0.1, 0.15) is 5.56 Å². The summed E-state index contributed by atoms with van der Waals surface area (Å²) in [6.45, 7) is 0. The second-order valence-electron chi connectivity index (χ2n) is 4.80. The van der Waals surface area contributed by atoms with Crippen molar-refractivity contribution in [2.75, 3.05) is 5.43 Å². The van der Waals surface area contributed by atoms with Gasteiger partial charge in [-0.1, -0.05) is 23.5 Å². The largest absolute Gasteiger partial charge is 0.494 e. The van der Waals surface area contributed by atoms with Gasteiger partial charge < -0.3 is 5.11 Å². The standard InChI is InChI=1S/C14H13N5O3S/c1-18-11(20)8(12(21)19(2)14(18)22)7-15-17-13-16-9-5-3-4-6-10(9)23-13/h3-7,20H,1-2H3,(H,16,17)/b15-7-. The molecule has 0 aliphatic carbocycles. The Kier molecular flexibility index (Phi) is 3.70. The van der Waals surface area contributed by atoms with Gasteiger partial charge in [0, 0.05) is 14.1 Å². The van der Waals surface area contributed by atoms with Crippen molar-refractivity contribution in [1.82, 2.24) is 14.1 Å². The minimum atomic E-state index is -0.625. The summed E-state index contributed by atoms with van der Waals surface area (Å²) in [5, 5.41) is 14.4. The summed E-state index contributed by atoms with van der Waals surface area (Å²) in [6, 6.07) is 7.63. The van der Waals surface area contributed by atoms with Crippen molar-refractivity contribution >= 4 is 32.9 Å². The Morgan fingerprint density at radius 2 is 2.00 bits per heavy atom. The quantitative estimate of drug-likeness (QED) is 0.547. The molecule has 1 aromatic carbocycles. The maximum Gasteiger partial charge on any atom is 0.333 e. The van der Waals surface area contributed by atoms with Crippen LogP contribution in [0.3, 0.4) is 0 Å². The van der Waals surface area contributed by atoms with E-state index in [1.165, 1.54) is 31.6 Å². The van der Waals surface area contributed by atoms with Crippen molar-refractivity contribution in [3.63, 3.8) is 0 Å². The first-order valence-electron chi connectivity index (χ1n) is 6.62. The summed E-state index contributed by atoms with van der Waals surface area (Å²) in [6.07, 6.45) is 1.17. The molecule has 0 spiro atoms. The van der Waals surface area contributed by atoms with Crippen LogP contribution in [0.15, 0.2) is 39.0 Å². The van der Waals surface area contributed by atoms with Gasteiger partial charge >= 0.3 is 5.69 Å². The fourth-order valence-electron chi connectivity index (χ4n) is 2.04. The Bertz CT molecular complexity index is 998. The van der Waals surface area contributed by atoms with E-state index in [9.17, 15) is 14.7 Å². The Hall–Kier alpha value is -2.94. The van der Waals surface area contributed by atoms with E-state index in [1.54, 1.807) is 0 Å². The molecule has 2 aromatic heterocycles. The van der Waals surface area contributed by atoms with Gasteiger partial charge in [-0.15, -0.1) is 0 Å². The molecule has 9 heteroatoms. The normalized spacial score (nSPS) is 11.4. The van der Waals surface area contributed by atoms with Gasteiger partial charge in [0.05, 0.1) is 16.4 Å². The van der Waals surface area contributed by atoms with Gasteiger partial charge in [0.2, 0.25) is 11.0 Å². The van der Waals surface area contributed by atoms with Crippen LogP contribution in [0.1, 0.15) is 5.56 Å². The lowest BCUT2D eigenvalue weighted by Crippen LogP contribution is -2.38. The third kappa shape index (κ3) is 2.61. The van der Waals surface area contributed by atoms with E-state index in [0.29, 0.717) is 5.13 Å². The molecule has 0 amide bonds.